The number of carbonyl (C=O) groups excluding carboxylic acids is 4. The number of aliphatic hydroxyl groups is 1. The van der Waals surface area contributed by atoms with E-state index in [9.17, 15) is 24.3 Å². The van der Waals surface area contributed by atoms with E-state index in [0.29, 0.717) is 51.3 Å². The zero-order chi connectivity index (χ0) is 101. The second-order valence-corrected chi connectivity index (χ2v) is 38.8. The third kappa shape index (κ3) is 27.4. The van der Waals surface area contributed by atoms with Crippen molar-refractivity contribution >= 4 is 57.3 Å². The molecule has 4 aliphatic heterocycles. The highest BCUT2D eigenvalue weighted by Crippen LogP contribution is 2.35. The van der Waals surface area contributed by atoms with Gasteiger partial charge < -0.3 is 76.1 Å². The lowest BCUT2D eigenvalue weighted by atomic mass is 9.96. The van der Waals surface area contributed by atoms with Gasteiger partial charge in [-0.2, -0.15) is 5.10 Å². The predicted octanol–water partition coefficient (Wildman–Crippen LogP) is 19.9. The van der Waals surface area contributed by atoms with Crippen LogP contribution in [-0.2, 0) is 26.2 Å². The molecule has 5 atom stereocenters. The van der Waals surface area contributed by atoms with Crippen molar-refractivity contribution in [1.29, 1.82) is 0 Å². The molecule has 145 heavy (non-hydrogen) atoms. The summed E-state index contributed by atoms with van der Waals surface area (Å²) in [4.78, 5) is 80.1. The average molecular weight is 1950 g/mol. The van der Waals surface area contributed by atoms with Gasteiger partial charge in [0.2, 0.25) is 0 Å². The van der Waals surface area contributed by atoms with Crippen molar-refractivity contribution in [3.05, 3.63) is 376 Å². The lowest BCUT2D eigenvalue weighted by Crippen LogP contribution is -2.41. The molecule has 0 spiro atoms. The number of carbonyl (C=O) groups is 4. The second-order valence-electron chi connectivity index (χ2n) is 38.8. The van der Waals surface area contributed by atoms with Crippen LogP contribution in [0.1, 0.15) is 148 Å². The summed E-state index contributed by atoms with van der Waals surface area (Å²) in [5, 5.41) is 30.7. The number of nitrogens with one attached hydrogen (secondary N) is 5. The number of aromatic amines is 1. The summed E-state index contributed by atoms with van der Waals surface area (Å²) in [5.41, 5.74) is 39.7. The summed E-state index contributed by atoms with van der Waals surface area (Å²) in [5.74, 6) is 4.75. The maximum Gasteiger partial charge on any atom is 0.255 e. The highest BCUT2D eigenvalue weighted by atomic mass is 16.5. The molecule has 4 fully saturated rings. The molecule has 746 valence electrons. The molecule has 2 unspecified atom stereocenters. The normalized spacial score (nSPS) is 16.5. The number of piperidine rings is 2. The number of anilines is 4. The van der Waals surface area contributed by atoms with Crippen LogP contribution in [0.4, 0.5) is 22.7 Å². The molecule has 5 aromatic heterocycles. The summed E-state index contributed by atoms with van der Waals surface area (Å²) < 4.78 is 26.0. The molecule has 11 aromatic carbocycles. The maximum absolute atomic E-state index is 13.4. The van der Waals surface area contributed by atoms with E-state index >= 15 is 0 Å². The van der Waals surface area contributed by atoms with Crippen LogP contribution in [0.3, 0.4) is 0 Å². The number of fused-ring (bicyclic) bond motifs is 1. The Labute approximate surface area is 846 Å². The number of ether oxygens (including phenoxy) is 3. The van der Waals surface area contributed by atoms with Gasteiger partial charge in [0.05, 0.1) is 59.7 Å². The number of nitrogens with two attached hydrogens (primary N) is 3. The number of rotatable bonds is 28. The van der Waals surface area contributed by atoms with E-state index < -0.39 is 0 Å². The predicted molar refractivity (Wildman–Crippen MR) is 571 cm³/mol. The van der Waals surface area contributed by atoms with Gasteiger partial charge in [-0.25, -0.2) is 19.9 Å². The number of likely N-dealkylation sites (tertiary alicyclic amines) is 4. The fourth-order valence-electron chi connectivity index (χ4n) is 18.8. The molecule has 4 amide bonds. The van der Waals surface area contributed by atoms with Crippen LogP contribution in [0.2, 0.25) is 0 Å². The van der Waals surface area contributed by atoms with Crippen LogP contribution in [-0.4, -0.2) is 174 Å². The number of benzene rings is 11. The number of hydrogen-bond donors (Lipinski definition) is 9. The van der Waals surface area contributed by atoms with Crippen molar-refractivity contribution in [3.8, 4) is 57.2 Å². The van der Waals surface area contributed by atoms with Gasteiger partial charge in [-0.1, -0.05) is 85.8 Å². The molecule has 4 saturated heterocycles. The van der Waals surface area contributed by atoms with Crippen LogP contribution in [0.15, 0.2) is 287 Å². The molecule has 29 heteroatoms. The van der Waals surface area contributed by atoms with Gasteiger partial charge in [-0.05, 0) is 328 Å². The zero-order valence-corrected chi connectivity index (χ0v) is 83.8. The quantitative estimate of drug-likeness (QED) is 0.0220. The lowest BCUT2D eigenvalue weighted by molar-refractivity contribution is 0.0320. The highest BCUT2D eigenvalue weighted by Gasteiger charge is 2.28. The minimum Gasteiger partial charge on any atom is -0.457 e. The van der Waals surface area contributed by atoms with E-state index in [4.69, 9.17) is 31.4 Å². The molecule has 0 radical (unpaired) electrons. The molecule has 16 aromatic rings. The van der Waals surface area contributed by atoms with Crippen molar-refractivity contribution in [2.24, 2.45) is 35.0 Å². The third-order valence-corrected chi connectivity index (χ3v) is 26.8. The average Bonchev–Trinajstić information content (AvgIpc) is 1.69. The molecular weight excluding hydrogens is 1820 g/mol. The van der Waals surface area contributed by atoms with Crippen LogP contribution in [0, 0.1) is 73.1 Å². The monoisotopic (exact) mass is 1940 g/mol. The van der Waals surface area contributed by atoms with Crippen molar-refractivity contribution in [3.63, 3.8) is 0 Å². The second kappa shape index (κ2) is 47.3. The van der Waals surface area contributed by atoms with Gasteiger partial charge in [-0.3, -0.25) is 43.9 Å². The Morgan fingerprint density at radius 2 is 0.710 bits per heavy atom. The topological polar surface area (TPSA) is 355 Å². The summed E-state index contributed by atoms with van der Waals surface area (Å²) >= 11 is 0. The molecule has 29 nitrogen and oxygen atoms in total. The number of hydrogen-bond acceptors (Lipinski definition) is 20. The number of H-pyrrole nitrogens is 1. The van der Waals surface area contributed by atoms with Crippen LogP contribution < -0.4 is 52.7 Å². The standard InChI is InChI=1S/C31H35N5O2.C30H33N5O2.C29H31N5O2.C26H30N6O2/c1-22-10-11-26(15-30(22)38-29-8-4-3-5-9-29)31(37)34-27-13-25(20-35-12-6-7-24(17-32)19-35)14-28(16-27)36-18-23(2)33-21-36;1-21-8-9-25(14-29(21)37-28-6-4-3-5-7-28)30(36)33-26-12-24(19-34-11-10-23(16-31)18-34)13-27(15-26)35-17-22(2)32-20-35;1-20-8-9-23(14-28(20)36-27-6-4-3-5-7-27)29(35)32-25-12-22(17-33-11-10-24(30)18-33)13-26(15-25)34-16-21(2)31-19-34;1-16-12-31(7-6-25(16)33)14-19-8-21(11-22(9-19)32-13-17(2)27-15-32)28-26(34)20-4-5-23-18(3)29-30-24(23)10-20/h3-5,8-11,13-16,18,21,24H,6-7,12,17,19-20,32H2,1-2H3,(H,34,37);3-9,12-15,17,20,23H,10-11,16,18-19,31H2,1-2H3,(H,33,36);3-9,12-16,19,24H,10-11,17-18,30H2,1-2H3,(H,32,35);4-5,8-11,13,15-16,25,33H,6-7,12,14H2,1-3H3,(H,28,34)(H,29,30)/t24-;23-;24-;/m110./s1. The summed E-state index contributed by atoms with van der Waals surface area (Å²) in [6, 6.07) is 75.7. The van der Waals surface area contributed by atoms with Crippen molar-refractivity contribution < 1.29 is 38.5 Å². The Balaban J connectivity index is 0.000000133. The Morgan fingerprint density at radius 1 is 0.379 bits per heavy atom. The summed E-state index contributed by atoms with van der Waals surface area (Å²) in [6.45, 7) is 30.0. The number of imidazole rings is 4. The molecule has 9 heterocycles. The van der Waals surface area contributed by atoms with Crippen molar-refractivity contribution in [2.75, 3.05) is 86.7 Å². The van der Waals surface area contributed by atoms with Gasteiger partial charge in [0.15, 0.2) is 0 Å². The Hall–Kier alpha value is -15.3. The first-order valence-corrected chi connectivity index (χ1v) is 49.8. The van der Waals surface area contributed by atoms with Gasteiger partial charge in [0.25, 0.3) is 23.6 Å². The van der Waals surface area contributed by atoms with E-state index in [1.807, 2.05) is 274 Å². The van der Waals surface area contributed by atoms with E-state index in [2.05, 4.69) is 114 Å². The number of aromatic nitrogens is 10. The van der Waals surface area contributed by atoms with Gasteiger partial charge in [-0.15, -0.1) is 0 Å². The SMILES string of the molecule is Cc1cn(-c2cc(CN3CCC(O)C(C)C3)cc(NC(=O)c3ccc4c(C)[nH]nc4c3)c2)cn1.Cc1cn(-c2cc(CN3CCC[C@H](CN)C3)cc(NC(=O)c3ccc(C)c(Oc4ccccc4)c3)c2)cn1.Cc1cn(-c2cc(CN3CC[C@H](CN)C3)cc(NC(=O)c3ccc(C)c(Oc4ccccc4)c3)c2)cn1.Cc1cn(-c2cc(CN3CC[C@H](N)C3)cc(NC(=O)c3ccc(C)c(Oc4ccccc4)c3)c2)cn1. The largest absolute Gasteiger partial charge is 0.457 e. The first-order valence-electron chi connectivity index (χ1n) is 49.8. The van der Waals surface area contributed by atoms with Crippen LogP contribution in [0.25, 0.3) is 33.7 Å². The lowest BCUT2D eigenvalue weighted by Gasteiger charge is -2.34. The molecule has 0 aliphatic carbocycles. The molecule has 4 aliphatic rings. The smallest absolute Gasteiger partial charge is 0.255 e. The highest BCUT2D eigenvalue weighted by molar-refractivity contribution is 6.08. The summed E-state index contributed by atoms with van der Waals surface area (Å²) in [6.07, 6.45) is 20.1. The Bertz CT molecular complexity index is 7170. The molecule has 0 bridgehead atoms. The van der Waals surface area contributed by atoms with E-state index in [1.165, 1.54) is 6.42 Å². The number of aryl methyl sites for hydroxylation is 8. The molecular formula is C116H129N21O8. The fraction of sp³-hybridized carbons (Fsp3) is 0.284. The minimum atomic E-state index is -0.234. The number of nitrogens with zero attached hydrogens (tertiary/aromatic N) is 13. The molecule has 12 N–H and O–H groups in total. The fourth-order valence-corrected chi connectivity index (χ4v) is 18.8. The minimum absolute atomic E-state index is 0.179. The van der Waals surface area contributed by atoms with Gasteiger partial charge in [0.1, 0.15) is 34.5 Å². The van der Waals surface area contributed by atoms with Crippen molar-refractivity contribution in [1.82, 2.24) is 68.0 Å². The Morgan fingerprint density at radius 3 is 1.05 bits per heavy atom. The van der Waals surface area contributed by atoms with E-state index in [-0.39, 0.29) is 41.7 Å². The summed E-state index contributed by atoms with van der Waals surface area (Å²) in [7, 11) is 0. The maximum atomic E-state index is 13.4. The van der Waals surface area contributed by atoms with E-state index in [0.717, 1.165) is 258 Å². The molecule has 0 saturated carbocycles. The zero-order valence-electron chi connectivity index (χ0n) is 83.8. The Kier molecular flexibility index (Phi) is 33.0. The van der Waals surface area contributed by atoms with Crippen LogP contribution >= 0.6 is 0 Å². The van der Waals surface area contributed by atoms with Gasteiger partial charge in [0, 0.05) is 175 Å². The third-order valence-electron chi connectivity index (χ3n) is 26.8. The first-order chi connectivity index (χ1) is 70.2. The van der Waals surface area contributed by atoms with Crippen LogP contribution in [0.5, 0.6) is 34.5 Å². The van der Waals surface area contributed by atoms with E-state index in [1.54, 1.807) is 49.6 Å². The number of amides is 4. The molecule has 20 rings (SSSR count). The number of aliphatic hydroxyl groups excluding tert-OH is 1. The van der Waals surface area contributed by atoms with Crippen molar-refractivity contribution in [2.45, 2.75) is 133 Å². The van der Waals surface area contributed by atoms with Gasteiger partial charge >= 0.3 is 0 Å². The number of para-hydroxylation sites is 3. The first kappa shape index (κ1) is 101.